The van der Waals surface area contributed by atoms with E-state index in [2.05, 4.69) is 0 Å². The predicted octanol–water partition coefficient (Wildman–Crippen LogP) is -0.160. The van der Waals surface area contributed by atoms with Crippen LogP contribution in [0.4, 0.5) is 0 Å². The quantitative estimate of drug-likeness (QED) is 0.536. The maximum absolute atomic E-state index is 10.6. The van der Waals surface area contributed by atoms with Crippen molar-refractivity contribution in [2.24, 2.45) is 5.41 Å². The molecule has 0 rings (SSSR count). The first-order valence-electron chi connectivity index (χ1n) is 3.47. The zero-order valence-electron chi connectivity index (χ0n) is 6.74. The minimum Gasteiger partial charge on any atom is -0.481 e. The van der Waals surface area contributed by atoms with E-state index in [1.54, 1.807) is 0 Å². The lowest BCUT2D eigenvalue weighted by atomic mass is 9.82. The van der Waals surface area contributed by atoms with Gasteiger partial charge in [0.1, 0.15) is 0 Å². The van der Waals surface area contributed by atoms with E-state index in [4.69, 9.17) is 15.3 Å². The number of rotatable bonds is 4. The molecule has 0 spiro atoms. The van der Waals surface area contributed by atoms with Gasteiger partial charge in [-0.3, -0.25) is 4.79 Å². The smallest absolute Gasteiger partial charge is 0.312 e. The number of hydrogen-bond acceptors (Lipinski definition) is 3. The van der Waals surface area contributed by atoms with Crippen LogP contribution in [0.5, 0.6) is 0 Å². The number of hydrogen-bond donors (Lipinski definition) is 3. The van der Waals surface area contributed by atoms with E-state index in [0.717, 1.165) is 0 Å². The average Bonchev–Trinajstić information content (AvgIpc) is 1.87. The summed E-state index contributed by atoms with van der Waals surface area (Å²) in [5.41, 5.74) is -1.23. The SMILES string of the molecule is CC(O)C(C)(CCO)C(=O)O. The molecule has 2 unspecified atom stereocenters. The van der Waals surface area contributed by atoms with Crippen LogP contribution in [0.15, 0.2) is 0 Å². The normalized spacial score (nSPS) is 18.9. The molecule has 0 saturated heterocycles. The molecule has 0 heterocycles. The Bertz CT molecular complexity index is 143. The van der Waals surface area contributed by atoms with Gasteiger partial charge < -0.3 is 15.3 Å². The van der Waals surface area contributed by atoms with Gasteiger partial charge in [-0.2, -0.15) is 0 Å². The molecule has 2 atom stereocenters. The van der Waals surface area contributed by atoms with E-state index in [1.165, 1.54) is 13.8 Å². The first-order valence-corrected chi connectivity index (χ1v) is 3.47. The molecule has 4 heteroatoms. The zero-order valence-corrected chi connectivity index (χ0v) is 6.74. The highest BCUT2D eigenvalue weighted by atomic mass is 16.4. The standard InChI is InChI=1S/C7H14O4/c1-5(9)7(2,3-4-8)6(10)11/h5,8-9H,3-4H2,1-2H3,(H,10,11). The van der Waals surface area contributed by atoms with Gasteiger partial charge >= 0.3 is 5.97 Å². The second-order valence-corrected chi connectivity index (χ2v) is 2.87. The molecular weight excluding hydrogens is 148 g/mol. The van der Waals surface area contributed by atoms with Gasteiger partial charge in [0.25, 0.3) is 0 Å². The minimum atomic E-state index is -1.23. The Labute approximate surface area is 65.5 Å². The summed E-state index contributed by atoms with van der Waals surface area (Å²) in [6.45, 7) is 2.59. The summed E-state index contributed by atoms with van der Waals surface area (Å²) in [6, 6.07) is 0. The van der Waals surface area contributed by atoms with Crippen LogP contribution in [-0.4, -0.2) is 34.0 Å². The maximum atomic E-state index is 10.6. The predicted molar refractivity (Wildman–Crippen MR) is 39.1 cm³/mol. The highest BCUT2D eigenvalue weighted by Gasteiger charge is 2.37. The van der Waals surface area contributed by atoms with Gasteiger partial charge in [-0.05, 0) is 20.3 Å². The van der Waals surface area contributed by atoms with Gasteiger partial charge in [0.05, 0.1) is 11.5 Å². The molecule has 0 aliphatic carbocycles. The Morgan fingerprint density at radius 1 is 1.64 bits per heavy atom. The molecule has 3 N–H and O–H groups in total. The third kappa shape index (κ3) is 2.17. The third-order valence-corrected chi connectivity index (χ3v) is 2.04. The van der Waals surface area contributed by atoms with Gasteiger partial charge in [0.2, 0.25) is 0 Å². The second kappa shape index (κ2) is 3.69. The maximum Gasteiger partial charge on any atom is 0.312 e. The van der Waals surface area contributed by atoms with Crippen molar-refractivity contribution >= 4 is 5.97 Å². The fourth-order valence-corrected chi connectivity index (χ4v) is 0.727. The number of carboxylic acids is 1. The lowest BCUT2D eigenvalue weighted by Crippen LogP contribution is -2.38. The summed E-state index contributed by atoms with van der Waals surface area (Å²) < 4.78 is 0. The van der Waals surface area contributed by atoms with Crippen molar-refractivity contribution < 1.29 is 20.1 Å². The molecule has 0 aliphatic heterocycles. The molecule has 0 amide bonds. The number of carboxylic acid groups (broad SMARTS) is 1. The average molecular weight is 162 g/mol. The molecule has 66 valence electrons. The summed E-state index contributed by atoms with van der Waals surface area (Å²) in [6.07, 6.45) is -0.882. The molecule has 0 aliphatic rings. The van der Waals surface area contributed by atoms with Crippen LogP contribution >= 0.6 is 0 Å². The lowest BCUT2D eigenvalue weighted by molar-refractivity contribution is -0.155. The Balaban J connectivity index is 4.38. The summed E-state index contributed by atoms with van der Waals surface area (Å²) in [4.78, 5) is 10.6. The monoisotopic (exact) mass is 162 g/mol. The summed E-state index contributed by atoms with van der Waals surface area (Å²) >= 11 is 0. The fourth-order valence-electron chi connectivity index (χ4n) is 0.727. The van der Waals surface area contributed by atoms with Crippen LogP contribution < -0.4 is 0 Å². The van der Waals surface area contributed by atoms with Crippen LogP contribution in [0.25, 0.3) is 0 Å². The highest BCUT2D eigenvalue weighted by molar-refractivity contribution is 5.74. The Hall–Kier alpha value is -0.610. The van der Waals surface area contributed by atoms with Gasteiger partial charge in [-0.15, -0.1) is 0 Å². The van der Waals surface area contributed by atoms with Crippen molar-refractivity contribution in [2.45, 2.75) is 26.4 Å². The van der Waals surface area contributed by atoms with Crippen LogP contribution in [0.3, 0.4) is 0 Å². The fraction of sp³-hybridized carbons (Fsp3) is 0.857. The van der Waals surface area contributed by atoms with Gasteiger partial charge in [-0.1, -0.05) is 0 Å². The summed E-state index contributed by atoms with van der Waals surface area (Å²) in [5, 5.41) is 26.3. The van der Waals surface area contributed by atoms with Crippen molar-refractivity contribution in [1.82, 2.24) is 0 Å². The molecule has 0 aromatic heterocycles. The van der Waals surface area contributed by atoms with E-state index in [9.17, 15) is 4.79 Å². The number of aliphatic carboxylic acids is 1. The number of carbonyl (C=O) groups is 1. The first kappa shape index (κ1) is 10.4. The minimum absolute atomic E-state index is 0.0694. The van der Waals surface area contributed by atoms with Crippen LogP contribution in [0.2, 0.25) is 0 Å². The molecule has 0 aromatic carbocycles. The van der Waals surface area contributed by atoms with E-state index in [1.807, 2.05) is 0 Å². The molecule has 4 nitrogen and oxygen atoms in total. The van der Waals surface area contributed by atoms with Crippen molar-refractivity contribution in [1.29, 1.82) is 0 Å². The van der Waals surface area contributed by atoms with Crippen LogP contribution in [0.1, 0.15) is 20.3 Å². The second-order valence-electron chi connectivity index (χ2n) is 2.87. The topological polar surface area (TPSA) is 77.8 Å². The summed E-state index contributed by atoms with van der Waals surface area (Å²) in [7, 11) is 0. The number of aliphatic hydroxyl groups excluding tert-OH is 2. The van der Waals surface area contributed by atoms with Crippen molar-refractivity contribution in [3.05, 3.63) is 0 Å². The molecule has 11 heavy (non-hydrogen) atoms. The van der Waals surface area contributed by atoms with Gasteiger partial charge in [0, 0.05) is 6.61 Å². The van der Waals surface area contributed by atoms with Crippen molar-refractivity contribution in [3.63, 3.8) is 0 Å². The van der Waals surface area contributed by atoms with E-state index < -0.39 is 17.5 Å². The summed E-state index contributed by atoms with van der Waals surface area (Å²) in [5.74, 6) is -1.08. The molecular formula is C7H14O4. The third-order valence-electron chi connectivity index (χ3n) is 2.04. The Morgan fingerprint density at radius 3 is 2.18 bits per heavy atom. The van der Waals surface area contributed by atoms with Crippen molar-refractivity contribution in [3.8, 4) is 0 Å². The zero-order chi connectivity index (χ0) is 9.07. The molecule has 0 bridgehead atoms. The van der Waals surface area contributed by atoms with E-state index in [-0.39, 0.29) is 13.0 Å². The molecule has 0 aromatic rings. The Kier molecular flexibility index (Phi) is 3.48. The van der Waals surface area contributed by atoms with Gasteiger partial charge in [0.15, 0.2) is 0 Å². The molecule has 0 radical (unpaired) electrons. The number of aliphatic hydroxyl groups is 2. The van der Waals surface area contributed by atoms with Crippen molar-refractivity contribution in [2.75, 3.05) is 6.61 Å². The van der Waals surface area contributed by atoms with Crippen LogP contribution in [0, 0.1) is 5.41 Å². The highest BCUT2D eigenvalue weighted by Crippen LogP contribution is 2.25. The Morgan fingerprint density at radius 2 is 2.09 bits per heavy atom. The van der Waals surface area contributed by atoms with Gasteiger partial charge in [-0.25, -0.2) is 0 Å². The first-order chi connectivity index (χ1) is 4.95. The molecule has 0 saturated carbocycles. The van der Waals surface area contributed by atoms with Crippen LogP contribution in [-0.2, 0) is 4.79 Å². The lowest BCUT2D eigenvalue weighted by Gasteiger charge is -2.26. The largest absolute Gasteiger partial charge is 0.481 e. The van der Waals surface area contributed by atoms with E-state index >= 15 is 0 Å². The van der Waals surface area contributed by atoms with E-state index in [0.29, 0.717) is 0 Å². The molecule has 0 fully saturated rings.